The maximum atomic E-state index is 13.5. The minimum atomic E-state index is -7.19. The van der Waals surface area contributed by atoms with Gasteiger partial charge in [0.15, 0.2) is 0 Å². The lowest BCUT2D eigenvalue weighted by Gasteiger charge is -2.34. The van der Waals surface area contributed by atoms with Gasteiger partial charge in [-0.05, 0) is 6.42 Å². The Kier molecular flexibility index (Phi) is 5.91. The number of ether oxygens (including phenoxy) is 1. The van der Waals surface area contributed by atoms with Gasteiger partial charge in [-0.15, -0.1) is 0 Å². The van der Waals surface area contributed by atoms with Crippen molar-refractivity contribution >= 4 is 5.91 Å². The lowest BCUT2D eigenvalue weighted by Crippen LogP contribution is -2.63. The molecule has 0 spiro atoms. The summed E-state index contributed by atoms with van der Waals surface area (Å²) in [5.74, 6) is -16.3. The standard InChI is InChI=1S/C9H8F11NO2/c1-2-3-21-4(22)5(10,7(13,14)15)23-9(19,20)6(11,12)8(16,17)18/h2-3H2,1H3,(H,21,22)/t5-/m1/s1. The summed E-state index contributed by atoms with van der Waals surface area (Å²) in [6.45, 7) is 0.520. The number of hydrogen-bond donors (Lipinski definition) is 1. The molecule has 1 amide bonds. The lowest BCUT2D eigenvalue weighted by molar-refractivity contribution is -0.472. The van der Waals surface area contributed by atoms with Crippen molar-refractivity contribution in [2.24, 2.45) is 0 Å². The van der Waals surface area contributed by atoms with E-state index in [2.05, 4.69) is 0 Å². The number of carbonyl (C=O) groups is 1. The summed E-state index contributed by atoms with van der Waals surface area (Å²) in [5, 5.41) is 1.07. The zero-order valence-corrected chi connectivity index (χ0v) is 10.9. The van der Waals surface area contributed by atoms with Crippen molar-refractivity contribution in [2.45, 2.75) is 43.6 Å². The average molecular weight is 371 g/mol. The highest BCUT2D eigenvalue weighted by molar-refractivity contribution is 5.84. The average Bonchev–Trinajstić information content (AvgIpc) is 2.32. The fourth-order valence-electron chi connectivity index (χ4n) is 0.991. The number of nitrogens with one attached hydrogen (secondary N) is 1. The van der Waals surface area contributed by atoms with E-state index in [1.165, 1.54) is 6.92 Å². The van der Waals surface area contributed by atoms with Crippen molar-refractivity contribution in [1.82, 2.24) is 5.32 Å². The van der Waals surface area contributed by atoms with E-state index in [1.54, 1.807) is 0 Å². The van der Waals surface area contributed by atoms with Crippen LogP contribution in [-0.2, 0) is 9.53 Å². The number of alkyl halides is 11. The van der Waals surface area contributed by atoms with Crippen molar-refractivity contribution < 1.29 is 57.8 Å². The van der Waals surface area contributed by atoms with Crippen LogP contribution in [0.5, 0.6) is 0 Å². The van der Waals surface area contributed by atoms with Gasteiger partial charge in [0.2, 0.25) is 0 Å². The van der Waals surface area contributed by atoms with Crippen LogP contribution in [0, 0.1) is 0 Å². The Morgan fingerprint density at radius 1 is 0.870 bits per heavy atom. The Morgan fingerprint density at radius 2 is 1.30 bits per heavy atom. The van der Waals surface area contributed by atoms with Crippen LogP contribution < -0.4 is 5.32 Å². The van der Waals surface area contributed by atoms with Crippen LogP contribution in [0.15, 0.2) is 0 Å². The Bertz CT molecular complexity index is 430. The van der Waals surface area contributed by atoms with Crippen LogP contribution in [-0.4, -0.2) is 42.7 Å². The molecule has 0 aromatic heterocycles. The maximum absolute atomic E-state index is 13.5. The van der Waals surface area contributed by atoms with Gasteiger partial charge in [0, 0.05) is 6.54 Å². The van der Waals surface area contributed by atoms with E-state index >= 15 is 0 Å². The van der Waals surface area contributed by atoms with Crippen LogP contribution in [0.3, 0.4) is 0 Å². The molecular weight excluding hydrogens is 363 g/mol. The molecule has 0 saturated carbocycles. The summed E-state index contributed by atoms with van der Waals surface area (Å²) in [7, 11) is 0. The molecule has 0 rings (SSSR count). The first-order chi connectivity index (χ1) is 9.94. The second-order valence-corrected chi connectivity index (χ2v) is 4.04. The maximum Gasteiger partial charge on any atom is 0.462 e. The number of rotatable bonds is 6. The molecule has 3 nitrogen and oxygen atoms in total. The molecule has 0 fully saturated rings. The molecule has 1 N–H and O–H groups in total. The van der Waals surface area contributed by atoms with Crippen molar-refractivity contribution in [1.29, 1.82) is 0 Å². The summed E-state index contributed by atoms with van der Waals surface area (Å²) in [6.07, 6.45) is -20.9. The molecule has 0 unspecified atom stereocenters. The topological polar surface area (TPSA) is 38.3 Å². The lowest BCUT2D eigenvalue weighted by atomic mass is 10.2. The number of amides is 1. The third kappa shape index (κ3) is 4.14. The van der Waals surface area contributed by atoms with Gasteiger partial charge < -0.3 is 5.32 Å². The van der Waals surface area contributed by atoms with E-state index in [-0.39, 0.29) is 6.42 Å². The smallest absolute Gasteiger partial charge is 0.351 e. The first-order valence-electron chi connectivity index (χ1n) is 5.50. The SMILES string of the molecule is CCCNC(=O)[C@@](F)(OC(F)(F)C(F)(F)C(F)(F)F)C(F)(F)F. The monoisotopic (exact) mass is 371 g/mol. The van der Waals surface area contributed by atoms with E-state index in [0.29, 0.717) is 0 Å². The molecule has 0 aromatic carbocycles. The minimum absolute atomic E-state index is 0.130. The summed E-state index contributed by atoms with van der Waals surface area (Å²) in [5.41, 5.74) is 0. The van der Waals surface area contributed by atoms with Gasteiger partial charge in [-0.25, -0.2) is 0 Å². The molecule has 0 aliphatic rings. The number of carbonyl (C=O) groups excluding carboxylic acids is 1. The third-order valence-electron chi connectivity index (χ3n) is 2.18. The summed E-state index contributed by atoms with van der Waals surface area (Å²) in [6, 6.07) is 0. The normalized spacial score (nSPS) is 16.9. The van der Waals surface area contributed by atoms with Gasteiger partial charge in [0.05, 0.1) is 0 Å². The fraction of sp³-hybridized carbons (Fsp3) is 0.889. The fourth-order valence-corrected chi connectivity index (χ4v) is 0.991. The molecular formula is C9H8F11NO2. The van der Waals surface area contributed by atoms with Gasteiger partial charge in [-0.1, -0.05) is 6.92 Å². The first kappa shape index (κ1) is 21.7. The molecule has 0 saturated heterocycles. The van der Waals surface area contributed by atoms with Crippen molar-refractivity contribution in [3.05, 3.63) is 0 Å². The molecule has 0 aliphatic carbocycles. The van der Waals surface area contributed by atoms with E-state index in [1.807, 2.05) is 4.74 Å². The van der Waals surface area contributed by atoms with Crippen LogP contribution in [0.4, 0.5) is 48.3 Å². The van der Waals surface area contributed by atoms with Crippen LogP contribution >= 0.6 is 0 Å². The Labute approximate surface area is 120 Å². The summed E-state index contributed by atoms with van der Waals surface area (Å²) >= 11 is 0. The Balaban J connectivity index is 5.78. The summed E-state index contributed by atoms with van der Waals surface area (Å²) in [4.78, 5) is 10.9. The third-order valence-corrected chi connectivity index (χ3v) is 2.18. The second-order valence-electron chi connectivity index (χ2n) is 4.04. The number of halogens is 11. The zero-order chi connectivity index (χ0) is 18.9. The molecule has 0 aliphatic heterocycles. The van der Waals surface area contributed by atoms with Gasteiger partial charge in [-0.2, -0.15) is 48.3 Å². The van der Waals surface area contributed by atoms with E-state index in [9.17, 15) is 53.1 Å². The molecule has 138 valence electrons. The molecule has 0 bridgehead atoms. The van der Waals surface area contributed by atoms with Crippen LogP contribution in [0.25, 0.3) is 0 Å². The van der Waals surface area contributed by atoms with Crippen LogP contribution in [0.2, 0.25) is 0 Å². The summed E-state index contributed by atoms with van der Waals surface area (Å²) < 4.78 is 139. The molecule has 14 heteroatoms. The first-order valence-corrected chi connectivity index (χ1v) is 5.50. The molecule has 23 heavy (non-hydrogen) atoms. The van der Waals surface area contributed by atoms with E-state index < -0.39 is 42.7 Å². The highest BCUT2D eigenvalue weighted by Crippen LogP contribution is 2.50. The Hall–Kier alpha value is -1.34. The zero-order valence-electron chi connectivity index (χ0n) is 10.9. The van der Waals surface area contributed by atoms with Gasteiger partial charge in [0.25, 0.3) is 5.91 Å². The number of hydrogen-bond acceptors (Lipinski definition) is 2. The largest absolute Gasteiger partial charge is 0.462 e. The van der Waals surface area contributed by atoms with E-state index in [4.69, 9.17) is 0 Å². The van der Waals surface area contributed by atoms with Gasteiger partial charge in [-0.3, -0.25) is 9.53 Å². The second kappa shape index (κ2) is 6.28. The van der Waals surface area contributed by atoms with E-state index in [0.717, 1.165) is 5.32 Å². The highest BCUT2D eigenvalue weighted by Gasteiger charge is 2.79. The predicted molar refractivity (Wildman–Crippen MR) is 50.2 cm³/mol. The highest BCUT2D eigenvalue weighted by atomic mass is 19.4. The minimum Gasteiger partial charge on any atom is -0.351 e. The molecule has 0 radical (unpaired) electrons. The molecule has 0 aromatic rings. The van der Waals surface area contributed by atoms with Gasteiger partial charge in [0.1, 0.15) is 0 Å². The van der Waals surface area contributed by atoms with Crippen molar-refractivity contribution in [3.63, 3.8) is 0 Å². The quantitative estimate of drug-likeness (QED) is 0.726. The van der Waals surface area contributed by atoms with Crippen LogP contribution in [0.1, 0.15) is 13.3 Å². The molecule has 0 heterocycles. The van der Waals surface area contributed by atoms with Gasteiger partial charge >= 0.3 is 30.2 Å². The Morgan fingerprint density at radius 3 is 1.61 bits per heavy atom. The van der Waals surface area contributed by atoms with Crippen molar-refractivity contribution in [2.75, 3.05) is 6.54 Å². The molecule has 1 atom stereocenters. The van der Waals surface area contributed by atoms with Crippen molar-refractivity contribution in [3.8, 4) is 0 Å². The predicted octanol–water partition coefficient (Wildman–Crippen LogP) is 3.55.